The molecule has 2 fully saturated rings. The summed E-state index contributed by atoms with van der Waals surface area (Å²) in [5, 5.41) is 0.889. The van der Waals surface area contributed by atoms with E-state index in [0.29, 0.717) is 67.0 Å². The molecule has 2 aliphatic heterocycles. The summed E-state index contributed by atoms with van der Waals surface area (Å²) in [4.78, 5) is 41.0. The molecule has 0 bridgehead atoms. The number of nitrogens with zero attached hydrogens (tertiary/aromatic N) is 3. The Bertz CT molecular complexity index is 1490. The summed E-state index contributed by atoms with van der Waals surface area (Å²) in [5.74, 6) is 7.70. The van der Waals surface area contributed by atoms with Crippen molar-refractivity contribution in [2.45, 2.75) is 50.5 Å². The van der Waals surface area contributed by atoms with Crippen LogP contribution in [0.15, 0.2) is 36.5 Å². The molecule has 1 aliphatic carbocycles. The van der Waals surface area contributed by atoms with Gasteiger partial charge in [0.25, 0.3) is 11.7 Å². The molecule has 10 nitrogen and oxygen atoms in total. The van der Waals surface area contributed by atoms with E-state index in [0.717, 1.165) is 35.0 Å². The fourth-order valence-electron chi connectivity index (χ4n) is 5.69. The van der Waals surface area contributed by atoms with Crippen molar-refractivity contribution in [1.29, 1.82) is 0 Å². The number of pyridine rings is 2. The first-order valence-corrected chi connectivity index (χ1v) is 13.5. The number of carbonyl (C=O) groups is 2. The number of amidine groups is 1. The zero-order valence-corrected chi connectivity index (χ0v) is 22.3. The molecule has 0 radical (unpaired) electrons. The summed E-state index contributed by atoms with van der Waals surface area (Å²) in [6.45, 7) is 3.37. The second kappa shape index (κ2) is 9.92. The predicted molar refractivity (Wildman–Crippen MR) is 145 cm³/mol. The van der Waals surface area contributed by atoms with Gasteiger partial charge in [-0.25, -0.2) is 4.98 Å². The summed E-state index contributed by atoms with van der Waals surface area (Å²) < 4.78 is 12.4. The highest BCUT2D eigenvalue weighted by Gasteiger charge is 2.44. The van der Waals surface area contributed by atoms with Crippen molar-refractivity contribution in [3.05, 3.63) is 59.0 Å². The highest BCUT2D eigenvalue weighted by atomic mass is 16.5. The Labute approximate surface area is 226 Å². The van der Waals surface area contributed by atoms with Crippen LogP contribution in [-0.2, 0) is 0 Å². The normalized spacial score (nSPS) is 18.6. The molecular weight excluding hydrogens is 496 g/mol. The number of likely N-dealkylation sites (tertiary alicyclic amines) is 1. The lowest BCUT2D eigenvalue weighted by atomic mass is 9.82. The zero-order valence-electron chi connectivity index (χ0n) is 22.3. The van der Waals surface area contributed by atoms with Crippen LogP contribution in [0.4, 0.5) is 0 Å². The molecule has 4 heterocycles. The molecule has 10 heteroatoms. The van der Waals surface area contributed by atoms with Gasteiger partial charge in [-0.3, -0.25) is 19.6 Å². The summed E-state index contributed by atoms with van der Waals surface area (Å²) in [5.41, 5.74) is 5.36. The maximum absolute atomic E-state index is 13.6. The monoisotopic (exact) mass is 529 g/mol. The largest absolute Gasteiger partial charge is 0.493 e. The number of amides is 1. The van der Waals surface area contributed by atoms with Crippen LogP contribution in [0.2, 0.25) is 0 Å². The number of rotatable bonds is 5. The van der Waals surface area contributed by atoms with Gasteiger partial charge in [0.15, 0.2) is 5.78 Å². The molecular formula is C29H33N6O4+. The average Bonchev–Trinajstić information content (AvgIpc) is 3.79. The molecule has 1 aromatic carbocycles. The summed E-state index contributed by atoms with van der Waals surface area (Å²) in [7, 11) is 1.75. The van der Waals surface area contributed by atoms with Gasteiger partial charge in [-0.1, -0.05) is 0 Å². The lowest BCUT2D eigenvalue weighted by Crippen LogP contribution is -2.72. The highest BCUT2D eigenvalue weighted by molar-refractivity contribution is 6.04. The van der Waals surface area contributed by atoms with E-state index in [1.54, 1.807) is 30.3 Å². The second-order valence-corrected chi connectivity index (χ2v) is 10.5. The predicted octanol–water partition coefficient (Wildman–Crippen LogP) is 1.47. The number of nitrogens with two attached hydrogens (primary N) is 1. The van der Waals surface area contributed by atoms with E-state index in [1.165, 1.54) is 0 Å². The summed E-state index contributed by atoms with van der Waals surface area (Å²) >= 11 is 0. The number of ketones is 1. The average molecular weight is 530 g/mol. The third kappa shape index (κ3) is 4.58. The molecule has 202 valence electrons. The molecule has 3 aromatic rings. The maximum Gasteiger partial charge on any atom is 0.292 e. The number of hydrogen-bond donors (Lipinski definition) is 3. The molecule has 0 atom stereocenters. The number of fused-ring (bicyclic) bond motifs is 2. The van der Waals surface area contributed by atoms with Crippen LogP contribution in [0, 0.1) is 0 Å². The number of hydrazine groups is 1. The first-order chi connectivity index (χ1) is 18.9. The quantitative estimate of drug-likeness (QED) is 0.196. The fourth-order valence-corrected chi connectivity index (χ4v) is 5.69. The molecule has 39 heavy (non-hydrogen) atoms. The van der Waals surface area contributed by atoms with Gasteiger partial charge >= 0.3 is 0 Å². The molecule has 1 saturated heterocycles. The van der Waals surface area contributed by atoms with Crippen molar-refractivity contribution in [2.75, 3.05) is 26.7 Å². The number of carbonyl (C=O) groups excluding carboxylic acids is 2. The smallest absolute Gasteiger partial charge is 0.292 e. The van der Waals surface area contributed by atoms with E-state index < -0.39 is 5.60 Å². The first kappa shape index (κ1) is 25.2. The van der Waals surface area contributed by atoms with E-state index in [-0.39, 0.29) is 18.1 Å². The Balaban J connectivity index is 1.22. The van der Waals surface area contributed by atoms with Crippen LogP contribution < -0.4 is 25.7 Å². The molecule has 3 aliphatic rings. The maximum atomic E-state index is 13.6. The second-order valence-electron chi connectivity index (χ2n) is 10.5. The van der Waals surface area contributed by atoms with E-state index >= 15 is 0 Å². The minimum atomic E-state index is -0.625. The van der Waals surface area contributed by atoms with Gasteiger partial charge < -0.3 is 14.4 Å². The molecule has 1 amide bonds. The van der Waals surface area contributed by atoms with Crippen molar-refractivity contribution >= 4 is 28.4 Å². The third-order valence-corrected chi connectivity index (χ3v) is 7.94. The van der Waals surface area contributed by atoms with Crippen molar-refractivity contribution in [1.82, 2.24) is 20.3 Å². The number of Topliss-reactive ketones (excluding diaryl/α,β-unsaturated/α-hetero) is 1. The van der Waals surface area contributed by atoms with E-state index in [4.69, 9.17) is 20.3 Å². The Hall–Kier alpha value is -4.05. The van der Waals surface area contributed by atoms with Crippen molar-refractivity contribution < 1.29 is 24.1 Å². The Morgan fingerprint density at radius 3 is 2.74 bits per heavy atom. The van der Waals surface area contributed by atoms with Crippen LogP contribution in [-0.4, -0.2) is 64.7 Å². The van der Waals surface area contributed by atoms with Gasteiger partial charge in [0.05, 0.1) is 42.4 Å². The summed E-state index contributed by atoms with van der Waals surface area (Å²) in [6.07, 6.45) is 5.37. The Morgan fingerprint density at radius 1 is 1.26 bits per heavy atom. The number of ether oxygens (including phenoxy) is 2. The van der Waals surface area contributed by atoms with Gasteiger partial charge in [0.1, 0.15) is 22.8 Å². The van der Waals surface area contributed by atoms with Gasteiger partial charge in [0, 0.05) is 49.5 Å². The molecule has 1 saturated carbocycles. The van der Waals surface area contributed by atoms with E-state index in [1.807, 2.05) is 25.1 Å². The standard InChI is InChI=1S/C29H32N6O4/c1-3-38-24-15-21(33-26-19(24)8-11-32-25(26)17-4-5-17)28(37)35-12-9-29(10-13-35)16-22(36)20-14-18(27(31-2)34-30)6-7-23(20)39-29/h6-8,11,14-15,17H,3-5,9-10,12-13,16,30H2,1-2H3,(H,31,34)/p+1. The minimum Gasteiger partial charge on any atom is -0.493 e. The Morgan fingerprint density at radius 2 is 2.05 bits per heavy atom. The SMILES string of the molecule is CCOc1cc(C(=O)N2CCC3(CC2)CC(=O)c2cc(C(NN)=[NH+]C)ccc2O3)nc2c(C3CC3)nccc12. The van der Waals surface area contributed by atoms with Crippen molar-refractivity contribution in [3.8, 4) is 11.5 Å². The van der Waals surface area contributed by atoms with Crippen LogP contribution in [0.5, 0.6) is 11.5 Å². The summed E-state index contributed by atoms with van der Waals surface area (Å²) in [6, 6.07) is 9.12. The molecule has 6 rings (SSSR count). The third-order valence-electron chi connectivity index (χ3n) is 7.94. The topological polar surface area (TPSA) is 134 Å². The number of piperidine rings is 1. The zero-order chi connectivity index (χ0) is 27.1. The van der Waals surface area contributed by atoms with Crippen molar-refractivity contribution in [3.63, 3.8) is 0 Å². The number of aromatic nitrogens is 2. The molecule has 0 unspecified atom stereocenters. The lowest BCUT2D eigenvalue weighted by molar-refractivity contribution is -0.421. The van der Waals surface area contributed by atoms with Crippen LogP contribution >= 0.6 is 0 Å². The fraction of sp³-hybridized carbons (Fsp3) is 0.414. The van der Waals surface area contributed by atoms with E-state index in [2.05, 4.69) is 15.4 Å². The van der Waals surface area contributed by atoms with Gasteiger partial charge in [-0.15, -0.1) is 0 Å². The van der Waals surface area contributed by atoms with Gasteiger partial charge in [-0.05, 0) is 44.0 Å². The Kier molecular flexibility index (Phi) is 6.42. The van der Waals surface area contributed by atoms with Gasteiger partial charge in [-0.2, -0.15) is 11.3 Å². The lowest BCUT2D eigenvalue weighted by Gasteiger charge is -2.43. The molecule has 2 aromatic heterocycles. The number of benzene rings is 1. The van der Waals surface area contributed by atoms with E-state index in [9.17, 15) is 9.59 Å². The molecule has 1 spiro atoms. The van der Waals surface area contributed by atoms with Gasteiger partial charge in [0.2, 0.25) is 0 Å². The van der Waals surface area contributed by atoms with Crippen LogP contribution in [0.3, 0.4) is 0 Å². The van der Waals surface area contributed by atoms with Crippen LogP contribution in [0.1, 0.15) is 77.0 Å². The number of hydrogen-bond acceptors (Lipinski definition) is 7. The highest BCUT2D eigenvalue weighted by Crippen LogP contribution is 2.43. The first-order valence-electron chi connectivity index (χ1n) is 13.5. The molecule has 4 N–H and O–H groups in total. The van der Waals surface area contributed by atoms with Crippen molar-refractivity contribution in [2.24, 2.45) is 5.84 Å². The minimum absolute atomic E-state index is 0.0306. The number of nitrogens with one attached hydrogen (secondary N) is 2. The van der Waals surface area contributed by atoms with Crippen LogP contribution in [0.25, 0.3) is 10.9 Å².